The molecular formula is C18H17Cl2NO3S. The minimum Gasteiger partial charge on any atom is -0.453 e. The van der Waals surface area contributed by atoms with Gasteiger partial charge in [0.2, 0.25) is 0 Å². The second-order valence-electron chi connectivity index (χ2n) is 5.13. The third-order valence-corrected chi connectivity index (χ3v) is 5.06. The third-order valence-electron chi connectivity index (χ3n) is 3.21. The summed E-state index contributed by atoms with van der Waals surface area (Å²) in [6.45, 7) is 1.52. The predicted molar refractivity (Wildman–Crippen MR) is 102 cm³/mol. The number of hydrogen-bond acceptors (Lipinski definition) is 4. The summed E-state index contributed by atoms with van der Waals surface area (Å²) in [6.07, 6.45) is -0.728. The van der Waals surface area contributed by atoms with E-state index in [0.717, 1.165) is 4.90 Å². The number of anilines is 1. The van der Waals surface area contributed by atoms with Gasteiger partial charge >= 0.3 is 5.97 Å². The van der Waals surface area contributed by atoms with Crippen molar-refractivity contribution in [2.24, 2.45) is 0 Å². The maximum Gasteiger partial charge on any atom is 0.307 e. The molecule has 1 atom stereocenters. The van der Waals surface area contributed by atoms with Gasteiger partial charge in [0.15, 0.2) is 6.10 Å². The molecule has 1 amide bonds. The average molecular weight is 398 g/mol. The van der Waals surface area contributed by atoms with Crippen LogP contribution < -0.4 is 5.32 Å². The van der Waals surface area contributed by atoms with Gasteiger partial charge in [-0.3, -0.25) is 9.59 Å². The van der Waals surface area contributed by atoms with Crippen molar-refractivity contribution in [2.75, 3.05) is 11.1 Å². The van der Waals surface area contributed by atoms with Crippen LogP contribution in [0.25, 0.3) is 0 Å². The number of carbonyl (C=O) groups is 2. The Morgan fingerprint density at radius 3 is 2.40 bits per heavy atom. The van der Waals surface area contributed by atoms with Gasteiger partial charge in [-0.05, 0) is 31.2 Å². The number of carbonyl (C=O) groups excluding carboxylic acids is 2. The van der Waals surface area contributed by atoms with Gasteiger partial charge in [0, 0.05) is 10.6 Å². The molecule has 0 saturated carbocycles. The molecule has 1 unspecified atom stereocenters. The molecule has 0 radical (unpaired) electrons. The van der Waals surface area contributed by atoms with E-state index in [4.69, 9.17) is 27.9 Å². The van der Waals surface area contributed by atoms with Crippen LogP contribution in [-0.2, 0) is 14.3 Å². The van der Waals surface area contributed by atoms with E-state index in [9.17, 15) is 9.59 Å². The van der Waals surface area contributed by atoms with Gasteiger partial charge < -0.3 is 10.1 Å². The maximum atomic E-state index is 12.1. The smallest absolute Gasteiger partial charge is 0.307 e. The summed E-state index contributed by atoms with van der Waals surface area (Å²) >= 11 is 13.5. The molecule has 0 aliphatic rings. The second kappa shape index (κ2) is 9.70. The van der Waals surface area contributed by atoms with Gasteiger partial charge in [0.1, 0.15) is 0 Å². The van der Waals surface area contributed by atoms with Crippen LogP contribution in [0.15, 0.2) is 53.4 Å². The fourth-order valence-corrected chi connectivity index (χ4v) is 3.26. The molecule has 132 valence electrons. The van der Waals surface area contributed by atoms with Gasteiger partial charge in [-0.1, -0.05) is 47.5 Å². The van der Waals surface area contributed by atoms with Crippen LogP contribution in [0.5, 0.6) is 0 Å². The predicted octanol–water partition coefficient (Wildman–Crippen LogP) is 5.05. The SMILES string of the molecule is CC(OC(=O)CCSc1ccccc1Cl)C(=O)Nc1ccccc1Cl. The highest BCUT2D eigenvalue weighted by Gasteiger charge is 2.18. The van der Waals surface area contributed by atoms with E-state index in [0.29, 0.717) is 21.5 Å². The number of benzene rings is 2. The van der Waals surface area contributed by atoms with Crippen LogP contribution in [0.3, 0.4) is 0 Å². The number of halogens is 2. The van der Waals surface area contributed by atoms with Crippen molar-refractivity contribution >= 4 is 52.5 Å². The van der Waals surface area contributed by atoms with Crippen molar-refractivity contribution < 1.29 is 14.3 Å². The number of nitrogens with one attached hydrogen (secondary N) is 1. The summed E-state index contributed by atoms with van der Waals surface area (Å²) in [7, 11) is 0. The normalized spacial score (nSPS) is 11.6. The highest BCUT2D eigenvalue weighted by Crippen LogP contribution is 2.27. The van der Waals surface area contributed by atoms with E-state index in [1.165, 1.54) is 18.7 Å². The Kier molecular flexibility index (Phi) is 7.62. The molecule has 0 aliphatic heterocycles. The van der Waals surface area contributed by atoms with Crippen molar-refractivity contribution in [2.45, 2.75) is 24.3 Å². The number of amides is 1. The number of para-hydroxylation sites is 1. The summed E-state index contributed by atoms with van der Waals surface area (Å²) in [5.74, 6) is -0.358. The maximum absolute atomic E-state index is 12.1. The first-order chi connectivity index (χ1) is 12.0. The summed E-state index contributed by atoms with van der Waals surface area (Å²) in [4.78, 5) is 24.9. The van der Waals surface area contributed by atoms with E-state index in [2.05, 4.69) is 5.32 Å². The van der Waals surface area contributed by atoms with Gasteiger partial charge in [-0.2, -0.15) is 0 Å². The zero-order valence-corrected chi connectivity index (χ0v) is 15.8. The van der Waals surface area contributed by atoms with E-state index < -0.39 is 18.0 Å². The van der Waals surface area contributed by atoms with E-state index in [1.807, 2.05) is 18.2 Å². The fourth-order valence-electron chi connectivity index (χ4n) is 1.91. The zero-order chi connectivity index (χ0) is 18.2. The standard InChI is InChI=1S/C18H17Cl2NO3S/c1-12(18(23)21-15-8-4-2-6-13(15)19)24-17(22)10-11-25-16-9-5-3-7-14(16)20/h2-9,12H,10-11H2,1H3,(H,21,23). The molecule has 0 bridgehead atoms. The Morgan fingerprint density at radius 2 is 1.72 bits per heavy atom. The van der Waals surface area contributed by atoms with Crippen LogP contribution in [0.2, 0.25) is 10.0 Å². The number of ether oxygens (including phenoxy) is 1. The Bertz CT molecular complexity index is 755. The van der Waals surface area contributed by atoms with E-state index >= 15 is 0 Å². The molecule has 1 N–H and O–H groups in total. The highest BCUT2D eigenvalue weighted by molar-refractivity contribution is 7.99. The van der Waals surface area contributed by atoms with Crippen molar-refractivity contribution in [1.29, 1.82) is 0 Å². The van der Waals surface area contributed by atoms with Crippen molar-refractivity contribution in [1.82, 2.24) is 0 Å². The summed E-state index contributed by atoms with van der Waals surface area (Å²) < 4.78 is 5.15. The Hall–Kier alpha value is -1.69. The molecule has 7 heteroatoms. The Balaban J connectivity index is 1.77. The molecule has 2 rings (SSSR count). The van der Waals surface area contributed by atoms with E-state index in [-0.39, 0.29) is 6.42 Å². The highest BCUT2D eigenvalue weighted by atomic mass is 35.5. The molecular weight excluding hydrogens is 381 g/mol. The third kappa shape index (κ3) is 6.27. The molecule has 0 saturated heterocycles. The summed E-state index contributed by atoms with van der Waals surface area (Å²) in [5.41, 5.74) is 0.478. The van der Waals surface area contributed by atoms with Crippen molar-refractivity contribution in [3.8, 4) is 0 Å². The minimum absolute atomic E-state index is 0.180. The first kappa shape index (κ1) is 19.6. The lowest BCUT2D eigenvalue weighted by molar-refractivity contribution is -0.152. The summed E-state index contributed by atoms with van der Waals surface area (Å²) in [6, 6.07) is 14.3. The lowest BCUT2D eigenvalue weighted by Gasteiger charge is -2.14. The van der Waals surface area contributed by atoms with E-state index in [1.54, 1.807) is 30.3 Å². The Morgan fingerprint density at radius 1 is 1.08 bits per heavy atom. The van der Waals surface area contributed by atoms with Gasteiger partial charge in [-0.25, -0.2) is 0 Å². The molecule has 0 aromatic heterocycles. The molecule has 2 aromatic carbocycles. The second-order valence-corrected chi connectivity index (χ2v) is 7.08. The molecule has 25 heavy (non-hydrogen) atoms. The molecule has 0 heterocycles. The number of thioether (sulfide) groups is 1. The first-order valence-corrected chi connectivity index (χ1v) is 9.33. The number of hydrogen-bond donors (Lipinski definition) is 1. The lowest BCUT2D eigenvalue weighted by Crippen LogP contribution is -2.30. The molecule has 0 spiro atoms. The topological polar surface area (TPSA) is 55.4 Å². The van der Waals surface area contributed by atoms with Crippen LogP contribution in [0.4, 0.5) is 5.69 Å². The monoisotopic (exact) mass is 397 g/mol. The Labute approximate surface area is 160 Å². The largest absolute Gasteiger partial charge is 0.453 e. The average Bonchev–Trinajstić information content (AvgIpc) is 2.58. The first-order valence-electron chi connectivity index (χ1n) is 7.59. The van der Waals surface area contributed by atoms with Crippen molar-refractivity contribution in [3.05, 3.63) is 58.6 Å². The van der Waals surface area contributed by atoms with Crippen molar-refractivity contribution in [3.63, 3.8) is 0 Å². The molecule has 4 nitrogen and oxygen atoms in total. The molecule has 2 aromatic rings. The van der Waals surface area contributed by atoms with Gasteiger partial charge in [0.05, 0.1) is 22.2 Å². The summed E-state index contributed by atoms with van der Waals surface area (Å²) in [5, 5.41) is 3.70. The number of esters is 1. The van der Waals surface area contributed by atoms with Crippen LogP contribution in [-0.4, -0.2) is 23.7 Å². The van der Waals surface area contributed by atoms with Crippen LogP contribution >= 0.6 is 35.0 Å². The molecule has 0 aliphatic carbocycles. The number of rotatable bonds is 7. The van der Waals surface area contributed by atoms with Gasteiger partial charge in [0.25, 0.3) is 5.91 Å². The molecule has 0 fully saturated rings. The minimum atomic E-state index is -0.908. The quantitative estimate of drug-likeness (QED) is 0.524. The fraction of sp³-hybridized carbons (Fsp3) is 0.222. The van der Waals surface area contributed by atoms with Gasteiger partial charge in [-0.15, -0.1) is 11.8 Å². The zero-order valence-electron chi connectivity index (χ0n) is 13.5. The van der Waals surface area contributed by atoms with Crippen LogP contribution in [0.1, 0.15) is 13.3 Å². The van der Waals surface area contributed by atoms with Crippen LogP contribution in [0, 0.1) is 0 Å². The lowest BCUT2D eigenvalue weighted by atomic mass is 10.3.